The standard InChI is InChI=1S/C20H19N3/c1-3-7-17-14(5-1)13(12-22-17)11-19-20-16(9-10-21-19)15-6-2-4-8-18(15)23-20/h1-8,12,19,21-23H,9-11H2. The van der Waals surface area contributed by atoms with E-state index in [0.717, 1.165) is 19.4 Å². The van der Waals surface area contributed by atoms with Crippen LogP contribution in [0.3, 0.4) is 0 Å². The van der Waals surface area contributed by atoms with E-state index in [1.807, 2.05) is 0 Å². The van der Waals surface area contributed by atoms with Gasteiger partial charge in [0.1, 0.15) is 0 Å². The fraction of sp³-hybridized carbons (Fsp3) is 0.200. The second-order valence-corrected chi connectivity index (χ2v) is 6.38. The number of aromatic nitrogens is 2. The number of fused-ring (bicyclic) bond motifs is 4. The molecule has 0 fully saturated rings. The number of hydrogen-bond donors (Lipinski definition) is 3. The molecule has 1 unspecified atom stereocenters. The highest BCUT2D eigenvalue weighted by Gasteiger charge is 2.24. The van der Waals surface area contributed by atoms with Gasteiger partial charge in [-0.3, -0.25) is 0 Å². The monoisotopic (exact) mass is 301 g/mol. The lowest BCUT2D eigenvalue weighted by Gasteiger charge is -2.24. The number of benzene rings is 2. The van der Waals surface area contributed by atoms with E-state index in [2.05, 4.69) is 70.0 Å². The van der Waals surface area contributed by atoms with Crippen LogP contribution < -0.4 is 5.32 Å². The first kappa shape index (κ1) is 13.0. The molecule has 2 aromatic carbocycles. The number of nitrogens with one attached hydrogen (secondary N) is 3. The van der Waals surface area contributed by atoms with Crippen molar-refractivity contribution in [3.8, 4) is 0 Å². The first-order valence-electron chi connectivity index (χ1n) is 8.28. The van der Waals surface area contributed by atoms with Crippen LogP contribution in [0, 0.1) is 0 Å². The maximum atomic E-state index is 3.69. The minimum absolute atomic E-state index is 0.352. The second-order valence-electron chi connectivity index (χ2n) is 6.38. The Hall–Kier alpha value is -2.52. The molecule has 0 bridgehead atoms. The Morgan fingerprint density at radius 2 is 1.70 bits per heavy atom. The molecule has 114 valence electrons. The Bertz CT molecular complexity index is 992. The van der Waals surface area contributed by atoms with Crippen molar-refractivity contribution < 1.29 is 0 Å². The van der Waals surface area contributed by atoms with Crippen LogP contribution >= 0.6 is 0 Å². The molecule has 3 heteroatoms. The van der Waals surface area contributed by atoms with Gasteiger partial charge < -0.3 is 15.3 Å². The van der Waals surface area contributed by atoms with Crippen molar-refractivity contribution in [3.63, 3.8) is 0 Å². The van der Waals surface area contributed by atoms with Crippen molar-refractivity contribution in [2.75, 3.05) is 6.54 Å². The summed E-state index contributed by atoms with van der Waals surface area (Å²) in [6.07, 6.45) is 4.26. The van der Waals surface area contributed by atoms with Gasteiger partial charge in [-0.25, -0.2) is 0 Å². The van der Waals surface area contributed by atoms with Gasteiger partial charge in [-0.1, -0.05) is 36.4 Å². The molecule has 0 aliphatic carbocycles. The van der Waals surface area contributed by atoms with E-state index in [9.17, 15) is 0 Å². The first-order chi connectivity index (χ1) is 11.4. The van der Waals surface area contributed by atoms with Gasteiger partial charge in [0, 0.05) is 33.7 Å². The maximum absolute atomic E-state index is 3.69. The fourth-order valence-corrected chi connectivity index (χ4v) is 3.96. The van der Waals surface area contributed by atoms with Crippen LogP contribution in [0.15, 0.2) is 54.7 Å². The predicted molar refractivity (Wildman–Crippen MR) is 94.7 cm³/mol. The smallest absolute Gasteiger partial charge is 0.0517 e. The molecule has 0 saturated carbocycles. The molecule has 0 spiro atoms. The van der Waals surface area contributed by atoms with Crippen molar-refractivity contribution in [1.29, 1.82) is 0 Å². The minimum Gasteiger partial charge on any atom is -0.361 e. The van der Waals surface area contributed by atoms with Crippen LogP contribution in [0.25, 0.3) is 21.8 Å². The third-order valence-corrected chi connectivity index (χ3v) is 5.06. The third kappa shape index (κ3) is 2.01. The molecule has 3 N–H and O–H groups in total. The number of rotatable bonds is 2. The number of aromatic amines is 2. The van der Waals surface area contributed by atoms with Gasteiger partial charge in [-0.05, 0) is 42.6 Å². The molecule has 23 heavy (non-hydrogen) atoms. The summed E-state index contributed by atoms with van der Waals surface area (Å²) < 4.78 is 0. The Kier molecular flexibility index (Phi) is 2.82. The molecule has 1 atom stereocenters. The van der Waals surface area contributed by atoms with E-state index in [0.29, 0.717) is 6.04 Å². The van der Waals surface area contributed by atoms with Crippen molar-refractivity contribution in [3.05, 3.63) is 71.5 Å². The van der Waals surface area contributed by atoms with Crippen molar-refractivity contribution >= 4 is 21.8 Å². The maximum Gasteiger partial charge on any atom is 0.0517 e. The van der Waals surface area contributed by atoms with E-state index in [4.69, 9.17) is 0 Å². The molecule has 0 radical (unpaired) electrons. The summed E-state index contributed by atoms with van der Waals surface area (Å²) in [6, 6.07) is 17.5. The Labute approximate surface area is 134 Å². The molecular weight excluding hydrogens is 282 g/mol. The number of hydrogen-bond acceptors (Lipinski definition) is 1. The van der Waals surface area contributed by atoms with Crippen LogP contribution in [0.2, 0.25) is 0 Å². The van der Waals surface area contributed by atoms with E-state index in [-0.39, 0.29) is 0 Å². The van der Waals surface area contributed by atoms with Crippen LogP contribution in [0.5, 0.6) is 0 Å². The summed E-state index contributed by atoms with van der Waals surface area (Å²) in [5.41, 5.74) is 6.71. The van der Waals surface area contributed by atoms with Crippen LogP contribution in [0.4, 0.5) is 0 Å². The van der Waals surface area contributed by atoms with Gasteiger partial charge in [0.05, 0.1) is 6.04 Å². The Balaban J connectivity index is 1.58. The predicted octanol–water partition coefficient (Wildman–Crippen LogP) is 4.08. The molecule has 1 aliphatic rings. The van der Waals surface area contributed by atoms with Gasteiger partial charge in [0.25, 0.3) is 0 Å². The summed E-state index contributed by atoms with van der Waals surface area (Å²) >= 11 is 0. The van der Waals surface area contributed by atoms with Crippen molar-refractivity contribution in [2.24, 2.45) is 0 Å². The van der Waals surface area contributed by atoms with Crippen LogP contribution in [-0.2, 0) is 12.8 Å². The van der Waals surface area contributed by atoms with E-state index in [1.54, 1.807) is 0 Å². The van der Waals surface area contributed by atoms with Crippen LogP contribution in [0.1, 0.15) is 22.9 Å². The molecule has 5 rings (SSSR count). The normalized spacial score (nSPS) is 17.7. The summed E-state index contributed by atoms with van der Waals surface area (Å²) in [5, 5.41) is 6.41. The molecular formula is C20H19N3. The van der Waals surface area contributed by atoms with Gasteiger partial charge in [-0.2, -0.15) is 0 Å². The zero-order chi connectivity index (χ0) is 15.2. The Morgan fingerprint density at radius 1 is 0.913 bits per heavy atom. The topological polar surface area (TPSA) is 43.6 Å². The molecule has 1 aliphatic heterocycles. The molecule has 4 aromatic rings. The summed E-state index contributed by atoms with van der Waals surface area (Å²) in [4.78, 5) is 7.04. The van der Waals surface area contributed by atoms with Crippen LogP contribution in [-0.4, -0.2) is 16.5 Å². The number of para-hydroxylation sites is 2. The van der Waals surface area contributed by atoms with E-state index < -0.39 is 0 Å². The fourth-order valence-electron chi connectivity index (χ4n) is 3.96. The largest absolute Gasteiger partial charge is 0.361 e. The lowest BCUT2D eigenvalue weighted by Crippen LogP contribution is -2.31. The van der Waals surface area contributed by atoms with Gasteiger partial charge >= 0.3 is 0 Å². The molecule has 2 aromatic heterocycles. The summed E-state index contributed by atoms with van der Waals surface area (Å²) in [5.74, 6) is 0. The molecule has 0 saturated heterocycles. The zero-order valence-corrected chi connectivity index (χ0v) is 12.9. The van der Waals surface area contributed by atoms with Gasteiger partial charge in [0.2, 0.25) is 0 Å². The highest BCUT2D eigenvalue weighted by Crippen LogP contribution is 2.32. The Morgan fingerprint density at radius 3 is 2.61 bits per heavy atom. The first-order valence-corrected chi connectivity index (χ1v) is 8.28. The van der Waals surface area contributed by atoms with Crippen molar-refractivity contribution in [1.82, 2.24) is 15.3 Å². The highest BCUT2D eigenvalue weighted by atomic mass is 15.0. The quantitative estimate of drug-likeness (QED) is 0.513. The van der Waals surface area contributed by atoms with Gasteiger partial charge in [-0.15, -0.1) is 0 Å². The molecule has 0 amide bonds. The average molecular weight is 301 g/mol. The van der Waals surface area contributed by atoms with E-state index in [1.165, 1.54) is 38.6 Å². The third-order valence-electron chi connectivity index (χ3n) is 5.06. The molecule has 3 heterocycles. The summed E-state index contributed by atoms with van der Waals surface area (Å²) in [6.45, 7) is 1.04. The lowest BCUT2D eigenvalue weighted by molar-refractivity contribution is 0.496. The number of H-pyrrole nitrogens is 2. The zero-order valence-electron chi connectivity index (χ0n) is 12.9. The SMILES string of the molecule is c1ccc2c(CC3NCCc4c3[nH]c3ccccc43)c[nH]c2c1. The van der Waals surface area contributed by atoms with Gasteiger partial charge in [0.15, 0.2) is 0 Å². The minimum atomic E-state index is 0.352. The second kappa shape index (κ2) is 5.00. The molecule has 3 nitrogen and oxygen atoms in total. The van der Waals surface area contributed by atoms with E-state index >= 15 is 0 Å². The lowest BCUT2D eigenvalue weighted by atomic mass is 9.94. The summed E-state index contributed by atoms with van der Waals surface area (Å²) in [7, 11) is 0. The average Bonchev–Trinajstić information content (AvgIpc) is 3.17. The van der Waals surface area contributed by atoms with Crippen molar-refractivity contribution in [2.45, 2.75) is 18.9 Å². The highest BCUT2D eigenvalue weighted by molar-refractivity contribution is 5.85.